The van der Waals surface area contributed by atoms with Crippen LogP contribution in [0.3, 0.4) is 0 Å². The summed E-state index contributed by atoms with van der Waals surface area (Å²) in [5.74, 6) is 3.10. The highest BCUT2D eigenvalue weighted by Crippen LogP contribution is 2.27. The van der Waals surface area contributed by atoms with Crippen LogP contribution in [0.4, 0.5) is 0 Å². The molecule has 3 nitrogen and oxygen atoms in total. The first kappa shape index (κ1) is 12.5. The van der Waals surface area contributed by atoms with Gasteiger partial charge in [-0.15, -0.1) is 6.42 Å². The van der Waals surface area contributed by atoms with Crippen molar-refractivity contribution in [3.63, 3.8) is 0 Å². The molecule has 1 aliphatic carbocycles. The Hall–Kier alpha value is -0.530. The standard InChI is InChI=1S/C11H19NO2S/c1-3-9-12(15(2,13)14)10-8-11-6-4-5-7-11/h1,11H,4-10H2,2H3. The normalized spacial score (nSPS) is 18.2. The van der Waals surface area contributed by atoms with Gasteiger partial charge in [-0.2, -0.15) is 4.31 Å². The topological polar surface area (TPSA) is 37.4 Å². The average molecular weight is 229 g/mol. The zero-order valence-electron chi connectivity index (χ0n) is 9.28. The quantitative estimate of drug-likeness (QED) is 0.669. The zero-order chi connectivity index (χ0) is 11.3. The molecule has 0 aromatic rings. The second kappa shape index (κ2) is 5.53. The van der Waals surface area contributed by atoms with E-state index < -0.39 is 10.0 Å². The van der Waals surface area contributed by atoms with Gasteiger partial charge in [0.2, 0.25) is 10.0 Å². The summed E-state index contributed by atoms with van der Waals surface area (Å²) < 4.78 is 24.1. The van der Waals surface area contributed by atoms with Crippen LogP contribution in [-0.4, -0.2) is 32.1 Å². The molecule has 0 bridgehead atoms. The number of hydrogen-bond donors (Lipinski definition) is 0. The van der Waals surface area contributed by atoms with Crippen molar-refractivity contribution in [2.45, 2.75) is 32.1 Å². The average Bonchev–Trinajstić information content (AvgIpc) is 2.62. The molecular weight excluding hydrogens is 210 g/mol. The number of rotatable bonds is 5. The Balaban J connectivity index is 2.41. The molecule has 0 unspecified atom stereocenters. The van der Waals surface area contributed by atoms with Gasteiger partial charge in [0.1, 0.15) is 0 Å². The fraction of sp³-hybridized carbons (Fsp3) is 0.818. The fourth-order valence-corrected chi connectivity index (χ4v) is 2.84. The van der Waals surface area contributed by atoms with Crippen LogP contribution in [-0.2, 0) is 10.0 Å². The minimum atomic E-state index is -3.13. The summed E-state index contributed by atoms with van der Waals surface area (Å²) in [5.41, 5.74) is 0. The second-order valence-electron chi connectivity index (χ2n) is 4.24. The molecule has 15 heavy (non-hydrogen) atoms. The van der Waals surface area contributed by atoms with Crippen molar-refractivity contribution in [3.8, 4) is 12.3 Å². The Labute approximate surface area is 92.9 Å². The van der Waals surface area contributed by atoms with Gasteiger partial charge in [-0.1, -0.05) is 31.6 Å². The summed E-state index contributed by atoms with van der Waals surface area (Å²) >= 11 is 0. The Morgan fingerprint density at radius 2 is 2.00 bits per heavy atom. The lowest BCUT2D eigenvalue weighted by molar-refractivity contribution is 0.391. The molecule has 0 saturated heterocycles. The van der Waals surface area contributed by atoms with Gasteiger partial charge in [0.25, 0.3) is 0 Å². The van der Waals surface area contributed by atoms with Crippen molar-refractivity contribution in [2.24, 2.45) is 5.92 Å². The molecule has 1 aliphatic rings. The first-order valence-corrected chi connectivity index (χ1v) is 7.27. The number of hydrogen-bond acceptors (Lipinski definition) is 2. The van der Waals surface area contributed by atoms with Crippen molar-refractivity contribution in [1.29, 1.82) is 0 Å². The summed E-state index contributed by atoms with van der Waals surface area (Å²) in [4.78, 5) is 0. The molecule has 0 heterocycles. The van der Waals surface area contributed by atoms with Crippen LogP contribution in [0.15, 0.2) is 0 Å². The first-order chi connectivity index (χ1) is 7.04. The van der Waals surface area contributed by atoms with E-state index in [2.05, 4.69) is 5.92 Å². The Morgan fingerprint density at radius 1 is 1.40 bits per heavy atom. The first-order valence-electron chi connectivity index (χ1n) is 5.42. The molecule has 0 amide bonds. The molecule has 0 N–H and O–H groups in total. The summed E-state index contributed by atoms with van der Waals surface area (Å²) in [7, 11) is -3.13. The molecule has 0 aromatic carbocycles. The van der Waals surface area contributed by atoms with Gasteiger partial charge in [0, 0.05) is 6.54 Å². The van der Waals surface area contributed by atoms with E-state index in [0.717, 1.165) is 6.42 Å². The van der Waals surface area contributed by atoms with E-state index in [9.17, 15) is 8.42 Å². The van der Waals surface area contributed by atoms with Crippen LogP contribution in [0.1, 0.15) is 32.1 Å². The van der Waals surface area contributed by atoms with Gasteiger partial charge in [0.15, 0.2) is 0 Å². The molecule has 0 aliphatic heterocycles. The smallest absolute Gasteiger partial charge is 0.212 e. The fourth-order valence-electron chi connectivity index (χ4n) is 2.09. The number of sulfonamides is 1. The van der Waals surface area contributed by atoms with Crippen molar-refractivity contribution < 1.29 is 8.42 Å². The third-order valence-corrected chi connectivity index (χ3v) is 4.25. The van der Waals surface area contributed by atoms with E-state index in [-0.39, 0.29) is 6.54 Å². The molecule has 4 heteroatoms. The lowest BCUT2D eigenvalue weighted by atomic mass is 10.0. The third-order valence-electron chi connectivity index (χ3n) is 3.00. The SMILES string of the molecule is C#CCN(CCC1CCCC1)S(C)(=O)=O. The van der Waals surface area contributed by atoms with Gasteiger partial charge >= 0.3 is 0 Å². The second-order valence-corrected chi connectivity index (χ2v) is 6.22. The number of terminal acetylenes is 1. The van der Waals surface area contributed by atoms with E-state index in [1.165, 1.54) is 36.2 Å². The largest absolute Gasteiger partial charge is 0.212 e. The molecule has 0 radical (unpaired) electrons. The zero-order valence-corrected chi connectivity index (χ0v) is 10.1. The lowest BCUT2D eigenvalue weighted by Crippen LogP contribution is -2.32. The summed E-state index contributed by atoms with van der Waals surface area (Å²) in [6, 6.07) is 0. The summed E-state index contributed by atoms with van der Waals surface area (Å²) in [6.07, 6.45) is 12.4. The van der Waals surface area contributed by atoms with E-state index in [4.69, 9.17) is 6.42 Å². The molecule has 1 rings (SSSR count). The maximum Gasteiger partial charge on any atom is 0.212 e. The summed E-state index contributed by atoms with van der Waals surface area (Å²) in [5, 5.41) is 0. The van der Waals surface area contributed by atoms with Gasteiger partial charge in [-0.05, 0) is 12.3 Å². The Morgan fingerprint density at radius 3 is 2.47 bits per heavy atom. The van der Waals surface area contributed by atoms with Crippen LogP contribution >= 0.6 is 0 Å². The van der Waals surface area contributed by atoms with Gasteiger partial charge in [0.05, 0.1) is 12.8 Å². The molecule has 0 spiro atoms. The lowest BCUT2D eigenvalue weighted by Gasteiger charge is -2.19. The van der Waals surface area contributed by atoms with Gasteiger partial charge < -0.3 is 0 Å². The van der Waals surface area contributed by atoms with Crippen molar-refractivity contribution in [1.82, 2.24) is 4.31 Å². The monoisotopic (exact) mass is 229 g/mol. The van der Waals surface area contributed by atoms with Crippen LogP contribution in [0.5, 0.6) is 0 Å². The minimum Gasteiger partial charge on any atom is -0.212 e. The van der Waals surface area contributed by atoms with Crippen LogP contribution in [0, 0.1) is 18.3 Å². The highest BCUT2D eigenvalue weighted by Gasteiger charge is 2.19. The van der Waals surface area contributed by atoms with Crippen molar-refractivity contribution in [2.75, 3.05) is 19.3 Å². The maximum absolute atomic E-state index is 11.4. The van der Waals surface area contributed by atoms with Crippen molar-refractivity contribution >= 4 is 10.0 Å². The Kier molecular flexibility index (Phi) is 4.62. The number of nitrogens with zero attached hydrogens (tertiary/aromatic N) is 1. The van der Waals surface area contributed by atoms with E-state index in [1.54, 1.807) is 0 Å². The third kappa shape index (κ3) is 4.23. The van der Waals surface area contributed by atoms with Crippen LogP contribution < -0.4 is 0 Å². The molecule has 1 saturated carbocycles. The van der Waals surface area contributed by atoms with Crippen LogP contribution in [0.2, 0.25) is 0 Å². The maximum atomic E-state index is 11.4. The molecule has 0 aromatic heterocycles. The molecular formula is C11H19NO2S. The predicted octanol–water partition coefficient (Wildman–Crippen LogP) is 1.46. The van der Waals surface area contributed by atoms with E-state index in [1.807, 2.05) is 0 Å². The highest BCUT2D eigenvalue weighted by molar-refractivity contribution is 7.88. The van der Waals surface area contributed by atoms with Gasteiger partial charge in [-0.25, -0.2) is 8.42 Å². The van der Waals surface area contributed by atoms with Crippen molar-refractivity contribution in [3.05, 3.63) is 0 Å². The minimum absolute atomic E-state index is 0.200. The van der Waals surface area contributed by atoms with E-state index >= 15 is 0 Å². The molecule has 1 fully saturated rings. The Bertz CT molecular complexity index is 323. The van der Waals surface area contributed by atoms with Crippen LogP contribution in [0.25, 0.3) is 0 Å². The highest BCUT2D eigenvalue weighted by atomic mass is 32.2. The predicted molar refractivity (Wildman–Crippen MR) is 61.8 cm³/mol. The summed E-state index contributed by atoms with van der Waals surface area (Å²) in [6.45, 7) is 0.777. The van der Waals surface area contributed by atoms with Gasteiger partial charge in [-0.3, -0.25) is 0 Å². The molecule has 86 valence electrons. The van der Waals surface area contributed by atoms with E-state index in [0.29, 0.717) is 12.5 Å². The molecule has 0 atom stereocenters.